The highest BCUT2D eigenvalue weighted by molar-refractivity contribution is 7.89. The van der Waals surface area contributed by atoms with E-state index < -0.39 is 10.0 Å². The van der Waals surface area contributed by atoms with Crippen LogP contribution in [-0.4, -0.2) is 25.8 Å². The van der Waals surface area contributed by atoms with Gasteiger partial charge in [0.05, 0.1) is 5.02 Å². The van der Waals surface area contributed by atoms with Gasteiger partial charge in [-0.3, -0.25) is 0 Å². The van der Waals surface area contributed by atoms with E-state index in [0.29, 0.717) is 24.7 Å². The van der Waals surface area contributed by atoms with Gasteiger partial charge in [-0.1, -0.05) is 18.5 Å². The van der Waals surface area contributed by atoms with E-state index in [9.17, 15) is 8.42 Å². The van der Waals surface area contributed by atoms with Gasteiger partial charge in [-0.15, -0.1) is 0 Å². The van der Waals surface area contributed by atoms with Crippen molar-refractivity contribution < 1.29 is 8.42 Å². The lowest BCUT2D eigenvalue weighted by atomic mass is 10.2. The zero-order valence-corrected chi connectivity index (χ0v) is 12.1. The lowest BCUT2D eigenvalue weighted by Crippen LogP contribution is -2.29. The van der Waals surface area contributed by atoms with Crippen LogP contribution in [0.2, 0.25) is 5.02 Å². The molecule has 0 radical (unpaired) electrons. The minimum absolute atomic E-state index is 0.112. The van der Waals surface area contributed by atoms with Crippen LogP contribution in [0.15, 0.2) is 17.0 Å². The summed E-state index contributed by atoms with van der Waals surface area (Å²) >= 11 is 6.04. The number of hydrogen-bond acceptors (Lipinski definition) is 3. The molecule has 0 saturated carbocycles. The molecule has 0 bridgehead atoms. The molecule has 1 fully saturated rings. The van der Waals surface area contributed by atoms with Crippen molar-refractivity contribution in [3.63, 3.8) is 0 Å². The fourth-order valence-corrected chi connectivity index (χ4v) is 4.28. The second-order valence-corrected chi connectivity index (χ2v) is 7.21. The molecule has 1 aliphatic rings. The molecule has 100 valence electrons. The second-order valence-electron chi connectivity index (χ2n) is 4.90. The van der Waals surface area contributed by atoms with Gasteiger partial charge in [0.25, 0.3) is 0 Å². The molecule has 0 aromatic heterocycles. The lowest BCUT2D eigenvalue weighted by molar-refractivity contribution is 0.464. The number of nitrogen functional groups attached to an aromatic ring is 1. The molecule has 1 heterocycles. The first kappa shape index (κ1) is 13.6. The first-order valence-electron chi connectivity index (χ1n) is 5.88. The summed E-state index contributed by atoms with van der Waals surface area (Å²) in [7, 11) is -3.52. The number of hydrogen-bond donors (Lipinski definition) is 1. The summed E-state index contributed by atoms with van der Waals surface area (Å²) in [5, 5.41) is 0.237. The van der Waals surface area contributed by atoms with Crippen molar-refractivity contribution in [1.29, 1.82) is 0 Å². The van der Waals surface area contributed by atoms with Crippen LogP contribution in [-0.2, 0) is 10.0 Å². The number of anilines is 1. The third kappa shape index (κ3) is 2.35. The van der Waals surface area contributed by atoms with Crippen LogP contribution in [0.4, 0.5) is 5.69 Å². The highest BCUT2D eigenvalue weighted by atomic mass is 35.5. The maximum absolute atomic E-state index is 12.5. The van der Waals surface area contributed by atoms with Gasteiger partial charge in [0, 0.05) is 18.8 Å². The number of halogens is 1. The summed E-state index contributed by atoms with van der Waals surface area (Å²) in [6.45, 7) is 4.94. The smallest absolute Gasteiger partial charge is 0.244 e. The molecule has 18 heavy (non-hydrogen) atoms. The van der Waals surface area contributed by atoms with Gasteiger partial charge in [-0.25, -0.2) is 8.42 Å². The van der Waals surface area contributed by atoms with Crippen molar-refractivity contribution in [2.24, 2.45) is 5.92 Å². The fraction of sp³-hybridized carbons (Fsp3) is 0.500. The van der Waals surface area contributed by atoms with E-state index in [0.717, 1.165) is 12.0 Å². The zero-order valence-electron chi connectivity index (χ0n) is 10.5. The van der Waals surface area contributed by atoms with Crippen molar-refractivity contribution >= 4 is 27.3 Å². The molecule has 6 heteroatoms. The Morgan fingerprint density at radius 3 is 2.67 bits per heavy atom. The number of nitrogens with zero attached hydrogens (tertiary/aromatic N) is 1. The van der Waals surface area contributed by atoms with Crippen LogP contribution in [0.25, 0.3) is 0 Å². The van der Waals surface area contributed by atoms with E-state index in [2.05, 4.69) is 0 Å². The number of rotatable bonds is 2. The summed E-state index contributed by atoms with van der Waals surface area (Å²) < 4.78 is 26.4. The van der Waals surface area contributed by atoms with Gasteiger partial charge in [0.15, 0.2) is 0 Å². The quantitative estimate of drug-likeness (QED) is 0.849. The van der Waals surface area contributed by atoms with Gasteiger partial charge in [0.1, 0.15) is 4.90 Å². The van der Waals surface area contributed by atoms with Crippen LogP contribution >= 0.6 is 11.6 Å². The Balaban J connectivity index is 2.45. The Hall–Kier alpha value is -0.780. The van der Waals surface area contributed by atoms with Crippen LogP contribution in [0.3, 0.4) is 0 Å². The minimum atomic E-state index is -3.52. The average molecular weight is 289 g/mol. The molecule has 1 aromatic rings. The summed E-state index contributed by atoms with van der Waals surface area (Å²) in [5.74, 6) is 0.390. The average Bonchev–Trinajstić information content (AvgIpc) is 2.70. The Bertz CT molecular complexity index is 572. The maximum atomic E-state index is 12.5. The monoisotopic (exact) mass is 288 g/mol. The molecular formula is C12H17ClN2O2S. The van der Waals surface area contributed by atoms with Crippen molar-refractivity contribution in [3.8, 4) is 0 Å². The molecular weight excluding hydrogens is 272 g/mol. The van der Waals surface area contributed by atoms with Crippen LogP contribution in [0.1, 0.15) is 18.9 Å². The second kappa shape index (κ2) is 4.72. The summed E-state index contributed by atoms with van der Waals surface area (Å²) in [4.78, 5) is 0.112. The fourth-order valence-electron chi connectivity index (χ4n) is 2.12. The highest BCUT2D eigenvalue weighted by Gasteiger charge is 2.32. The topological polar surface area (TPSA) is 63.4 Å². The standard InChI is InChI=1S/C12H17ClN2O2S/c1-8-3-4-15(7-8)18(16,17)12-6-11(14)9(2)5-10(12)13/h5-6,8H,3-4,7,14H2,1-2H3. The molecule has 2 N–H and O–H groups in total. The molecule has 1 saturated heterocycles. The molecule has 1 aromatic carbocycles. The predicted molar refractivity (Wildman–Crippen MR) is 73.1 cm³/mol. The molecule has 2 rings (SSSR count). The molecule has 1 unspecified atom stereocenters. The predicted octanol–water partition coefficient (Wildman–Crippen LogP) is 2.26. The number of aryl methyl sites for hydroxylation is 1. The summed E-state index contributed by atoms with van der Waals surface area (Å²) in [5.41, 5.74) is 7.01. The van der Waals surface area contributed by atoms with Gasteiger partial charge in [0.2, 0.25) is 10.0 Å². The van der Waals surface area contributed by atoms with Crippen molar-refractivity contribution in [2.75, 3.05) is 18.8 Å². The lowest BCUT2D eigenvalue weighted by Gasteiger charge is -2.17. The van der Waals surface area contributed by atoms with E-state index in [1.807, 2.05) is 6.92 Å². The van der Waals surface area contributed by atoms with Crippen LogP contribution < -0.4 is 5.73 Å². The first-order valence-corrected chi connectivity index (χ1v) is 7.70. The third-order valence-electron chi connectivity index (χ3n) is 3.32. The molecule has 1 aliphatic heterocycles. The van der Waals surface area contributed by atoms with Crippen molar-refractivity contribution in [3.05, 3.63) is 22.7 Å². The van der Waals surface area contributed by atoms with Gasteiger partial charge >= 0.3 is 0 Å². The number of nitrogens with two attached hydrogens (primary N) is 1. The Kier molecular flexibility index (Phi) is 3.58. The molecule has 1 atom stereocenters. The summed E-state index contributed by atoms with van der Waals surface area (Å²) in [6, 6.07) is 3.05. The van der Waals surface area contributed by atoms with E-state index in [-0.39, 0.29) is 9.92 Å². The minimum Gasteiger partial charge on any atom is -0.398 e. The molecule has 0 aliphatic carbocycles. The Morgan fingerprint density at radius 1 is 1.44 bits per heavy atom. The zero-order chi connectivity index (χ0) is 13.5. The molecule has 4 nitrogen and oxygen atoms in total. The SMILES string of the molecule is Cc1cc(Cl)c(S(=O)(=O)N2CCC(C)C2)cc1N. The Labute approximate surface area is 113 Å². The van der Waals surface area contributed by atoms with Crippen LogP contribution in [0, 0.1) is 12.8 Å². The normalized spacial score (nSPS) is 21.4. The summed E-state index contributed by atoms with van der Waals surface area (Å²) in [6.07, 6.45) is 0.887. The number of benzene rings is 1. The van der Waals surface area contributed by atoms with Crippen molar-refractivity contribution in [2.45, 2.75) is 25.2 Å². The number of sulfonamides is 1. The van der Waals surface area contributed by atoms with E-state index in [1.165, 1.54) is 10.4 Å². The van der Waals surface area contributed by atoms with Gasteiger partial charge in [-0.2, -0.15) is 4.31 Å². The maximum Gasteiger partial charge on any atom is 0.244 e. The van der Waals surface area contributed by atoms with E-state index >= 15 is 0 Å². The van der Waals surface area contributed by atoms with Gasteiger partial charge < -0.3 is 5.73 Å². The van der Waals surface area contributed by atoms with E-state index in [1.54, 1.807) is 13.0 Å². The first-order chi connectivity index (χ1) is 8.32. The largest absolute Gasteiger partial charge is 0.398 e. The van der Waals surface area contributed by atoms with Gasteiger partial charge in [-0.05, 0) is 37.0 Å². The molecule has 0 amide bonds. The molecule has 0 spiro atoms. The third-order valence-corrected chi connectivity index (χ3v) is 5.65. The highest BCUT2D eigenvalue weighted by Crippen LogP contribution is 2.31. The van der Waals surface area contributed by atoms with Crippen LogP contribution in [0.5, 0.6) is 0 Å². The Morgan fingerprint density at radius 2 is 2.11 bits per heavy atom. The van der Waals surface area contributed by atoms with Crippen molar-refractivity contribution in [1.82, 2.24) is 4.31 Å². The van der Waals surface area contributed by atoms with E-state index in [4.69, 9.17) is 17.3 Å².